The van der Waals surface area contributed by atoms with Gasteiger partial charge >= 0.3 is 6.09 Å². The van der Waals surface area contributed by atoms with E-state index in [0.29, 0.717) is 47.2 Å². The van der Waals surface area contributed by atoms with E-state index in [4.69, 9.17) is 14.2 Å². The van der Waals surface area contributed by atoms with Crippen molar-refractivity contribution in [3.63, 3.8) is 0 Å². The number of nitrogens with one attached hydrogen (secondary N) is 1. The number of amides is 1. The molecule has 11 nitrogen and oxygen atoms in total. The molecule has 38 heavy (non-hydrogen) atoms. The topological polar surface area (TPSA) is 136 Å². The highest BCUT2D eigenvalue weighted by molar-refractivity contribution is 5.90. The Bertz CT molecular complexity index is 1400. The first kappa shape index (κ1) is 24.1. The SMILES string of the molecule is COc1cnnc(-c2cccc(CN[C@@H]3CC[C@@H]4[C@@H](C3)OC(=O)N4c3ccc4c(n3)CC(=O)CO4)c2O)c1. The van der Waals surface area contributed by atoms with E-state index in [9.17, 15) is 14.7 Å². The number of aromatic hydroxyl groups is 1. The summed E-state index contributed by atoms with van der Waals surface area (Å²) in [6.45, 7) is 0.493. The number of aromatic nitrogens is 3. The maximum Gasteiger partial charge on any atom is 0.416 e. The van der Waals surface area contributed by atoms with Crippen molar-refractivity contribution < 1.29 is 28.9 Å². The number of hydrogen-bond donors (Lipinski definition) is 2. The molecule has 1 saturated heterocycles. The van der Waals surface area contributed by atoms with Gasteiger partial charge in [0.1, 0.15) is 41.5 Å². The van der Waals surface area contributed by atoms with Gasteiger partial charge in [-0.25, -0.2) is 9.78 Å². The Morgan fingerprint density at radius 3 is 2.97 bits per heavy atom. The predicted molar refractivity (Wildman–Crippen MR) is 135 cm³/mol. The van der Waals surface area contributed by atoms with Gasteiger partial charge in [0.2, 0.25) is 0 Å². The quantitative estimate of drug-likeness (QED) is 0.502. The fraction of sp³-hybridized carbons (Fsp3) is 0.370. The Hall–Kier alpha value is -4.25. The van der Waals surface area contributed by atoms with Crippen molar-refractivity contribution in [3.05, 3.63) is 53.9 Å². The van der Waals surface area contributed by atoms with E-state index in [1.54, 1.807) is 36.3 Å². The number of methoxy groups -OCH3 is 1. The first-order valence-electron chi connectivity index (χ1n) is 12.6. The molecule has 11 heteroatoms. The molecule has 1 aromatic carbocycles. The lowest BCUT2D eigenvalue weighted by Crippen LogP contribution is -2.46. The highest BCUT2D eigenvalue weighted by Gasteiger charge is 2.46. The monoisotopic (exact) mass is 517 g/mol. The molecule has 0 spiro atoms. The fourth-order valence-electron chi connectivity index (χ4n) is 5.36. The van der Waals surface area contributed by atoms with Crippen LogP contribution in [0.1, 0.15) is 30.5 Å². The average molecular weight is 518 g/mol. The number of benzene rings is 1. The van der Waals surface area contributed by atoms with Gasteiger partial charge in [-0.15, -0.1) is 0 Å². The molecular weight excluding hydrogens is 490 g/mol. The molecule has 0 radical (unpaired) electrons. The van der Waals surface area contributed by atoms with Crippen LogP contribution < -0.4 is 19.7 Å². The summed E-state index contributed by atoms with van der Waals surface area (Å²) in [5.41, 5.74) is 2.37. The van der Waals surface area contributed by atoms with E-state index in [0.717, 1.165) is 18.4 Å². The van der Waals surface area contributed by atoms with Crippen LogP contribution in [0.4, 0.5) is 10.6 Å². The number of anilines is 1. The number of phenols is 1. The molecule has 2 aromatic heterocycles. The summed E-state index contributed by atoms with van der Waals surface area (Å²) in [5.74, 6) is 1.71. The lowest BCUT2D eigenvalue weighted by atomic mass is 9.88. The first-order valence-corrected chi connectivity index (χ1v) is 12.6. The number of Topliss-reactive ketones (excluding diaryl/α,β-unsaturated/α-hetero) is 1. The highest BCUT2D eigenvalue weighted by Crippen LogP contribution is 2.37. The van der Waals surface area contributed by atoms with Crippen molar-refractivity contribution in [1.82, 2.24) is 20.5 Å². The Labute approximate surface area is 218 Å². The van der Waals surface area contributed by atoms with Gasteiger partial charge in [0.05, 0.1) is 31.5 Å². The van der Waals surface area contributed by atoms with Crippen molar-refractivity contribution in [2.45, 2.75) is 50.4 Å². The lowest BCUT2D eigenvalue weighted by Gasteiger charge is -2.33. The Balaban J connectivity index is 1.12. The predicted octanol–water partition coefficient (Wildman–Crippen LogP) is 2.79. The summed E-state index contributed by atoms with van der Waals surface area (Å²) in [6, 6.07) is 10.7. The van der Waals surface area contributed by atoms with Crippen LogP contribution in [0.25, 0.3) is 11.3 Å². The third-order valence-electron chi connectivity index (χ3n) is 7.30. The molecule has 6 rings (SSSR count). The van der Waals surface area contributed by atoms with Gasteiger partial charge in [-0.2, -0.15) is 10.2 Å². The van der Waals surface area contributed by atoms with E-state index < -0.39 is 6.09 Å². The van der Waals surface area contributed by atoms with E-state index in [1.807, 2.05) is 12.1 Å². The minimum Gasteiger partial charge on any atom is -0.507 e. The highest BCUT2D eigenvalue weighted by atomic mass is 16.6. The van der Waals surface area contributed by atoms with Crippen LogP contribution in [0.2, 0.25) is 0 Å². The zero-order valence-electron chi connectivity index (χ0n) is 20.8. The molecule has 3 aromatic rings. The number of ether oxygens (including phenoxy) is 3. The normalized spacial score (nSPS) is 22.3. The Morgan fingerprint density at radius 1 is 1.21 bits per heavy atom. The molecule has 0 unspecified atom stereocenters. The number of ketones is 1. The number of para-hydroxylation sites is 1. The number of carbonyl (C=O) groups excluding carboxylic acids is 2. The Morgan fingerprint density at radius 2 is 2.11 bits per heavy atom. The Kier molecular flexibility index (Phi) is 6.28. The molecular formula is C27H27N5O6. The number of hydrogen-bond acceptors (Lipinski definition) is 10. The number of carbonyl (C=O) groups is 2. The summed E-state index contributed by atoms with van der Waals surface area (Å²) < 4.78 is 16.4. The van der Waals surface area contributed by atoms with Crippen LogP contribution in [-0.2, 0) is 22.5 Å². The maximum absolute atomic E-state index is 12.8. The number of fused-ring (bicyclic) bond motifs is 2. The summed E-state index contributed by atoms with van der Waals surface area (Å²) in [7, 11) is 1.55. The van der Waals surface area contributed by atoms with E-state index in [1.165, 1.54) is 6.20 Å². The van der Waals surface area contributed by atoms with E-state index >= 15 is 0 Å². The molecule has 1 saturated carbocycles. The van der Waals surface area contributed by atoms with Gasteiger partial charge in [-0.1, -0.05) is 12.1 Å². The summed E-state index contributed by atoms with van der Waals surface area (Å²) in [4.78, 5) is 30.8. The van der Waals surface area contributed by atoms with Crippen LogP contribution in [0.3, 0.4) is 0 Å². The number of phenolic OH excluding ortho intramolecular Hbond substituents is 1. The van der Waals surface area contributed by atoms with Gasteiger partial charge in [-0.3, -0.25) is 9.69 Å². The first-order chi connectivity index (χ1) is 18.5. The lowest BCUT2D eigenvalue weighted by molar-refractivity contribution is -0.121. The summed E-state index contributed by atoms with van der Waals surface area (Å²) in [6.07, 6.45) is 3.19. The molecule has 2 aliphatic heterocycles. The van der Waals surface area contributed by atoms with Gasteiger partial charge in [0.25, 0.3) is 0 Å². The maximum atomic E-state index is 12.8. The van der Waals surface area contributed by atoms with E-state index in [-0.39, 0.29) is 42.7 Å². The second-order valence-electron chi connectivity index (χ2n) is 9.66. The smallest absolute Gasteiger partial charge is 0.416 e. The van der Waals surface area contributed by atoms with Crippen molar-refractivity contribution in [2.24, 2.45) is 0 Å². The van der Waals surface area contributed by atoms with Crippen molar-refractivity contribution in [2.75, 3.05) is 18.6 Å². The minimum atomic E-state index is -0.430. The molecule has 0 bridgehead atoms. The second-order valence-corrected chi connectivity index (χ2v) is 9.66. The molecule has 3 atom stereocenters. The average Bonchev–Trinajstić information content (AvgIpc) is 3.26. The molecule has 196 valence electrons. The number of nitrogens with zero attached hydrogens (tertiary/aromatic N) is 4. The molecule has 2 N–H and O–H groups in total. The third-order valence-corrected chi connectivity index (χ3v) is 7.30. The zero-order valence-corrected chi connectivity index (χ0v) is 20.8. The van der Waals surface area contributed by atoms with Crippen LogP contribution in [0.15, 0.2) is 42.6 Å². The third kappa shape index (κ3) is 4.49. The summed E-state index contributed by atoms with van der Waals surface area (Å²) in [5, 5.41) is 22.5. The van der Waals surface area contributed by atoms with E-state index in [2.05, 4.69) is 20.5 Å². The molecule has 2 fully saturated rings. The van der Waals surface area contributed by atoms with Gasteiger partial charge in [-0.05, 0) is 31.0 Å². The van der Waals surface area contributed by atoms with Crippen molar-refractivity contribution >= 4 is 17.7 Å². The van der Waals surface area contributed by atoms with Gasteiger partial charge in [0.15, 0.2) is 5.78 Å². The van der Waals surface area contributed by atoms with Crippen LogP contribution in [0.5, 0.6) is 17.2 Å². The van der Waals surface area contributed by atoms with Crippen LogP contribution >= 0.6 is 0 Å². The summed E-state index contributed by atoms with van der Waals surface area (Å²) >= 11 is 0. The number of pyridine rings is 1. The van der Waals surface area contributed by atoms with Crippen LogP contribution in [-0.4, -0.2) is 64.1 Å². The second kappa shape index (κ2) is 9.90. The standard InChI is InChI=1S/C27H27N5O6/c1-36-18-11-20(31-29-13-18)19-4-2-3-15(26(19)34)12-28-16-5-6-22-24(9-16)38-27(35)32(22)25-8-7-23-21(30-25)10-17(33)14-37-23/h2-4,7-8,11,13,16,22,24,28,34H,5-6,9-10,12,14H2,1H3/t16-,22-,24-/m1/s1. The molecule has 3 aliphatic rings. The van der Waals surface area contributed by atoms with Gasteiger partial charge < -0.3 is 24.6 Å². The molecule has 4 heterocycles. The zero-order chi connectivity index (χ0) is 26.2. The number of rotatable bonds is 6. The van der Waals surface area contributed by atoms with Gasteiger partial charge in [0, 0.05) is 36.2 Å². The van der Waals surface area contributed by atoms with Crippen molar-refractivity contribution in [3.8, 4) is 28.5 Å². The van der Waals surface area contributed by atoms with Crippen molar-refractivity contribution in [1.29, 1.82) is 0 Å². The molecule has 1 amide bonds. The minimum absolute atomic E-state index is 0.0383. The fourth-order valence-corrected chi connectivity index (χ4v) is 5.36. The molecule has 1 aliphatic carbocycles. The largest absolute Gasteiger partial charge is 0.507 e. The van der Waals surface area contributed by atoms with Crippen LogP contribution in [0, 0.1) is 0 Å².